The number of para-hydroxylation sites is 1. The van der Waals surface area contributed by atoms with Gasteiger partial charge in [0.05, 0.1) is 17.5 Å². The molecule has 5 heteroatoms. The Morgan fingerprint density at radius 1 is 1.33 bits per heavy atom. The molecule has 0 aromatic heterocycles. The van der Waals surface area contributed by atoms with Gasteiger partial charge in [0.1, 0.15) is 0 Å². The lowest BCUT2D eigenvalue weighted by Gasteiger charge is -2.30. The van der Waals surface area contributed by atoms with Crippen LogP contribution in [-0.2, 0) is 16.4 Å². The van der Waals surface area contributed by atoms with E-state index >= 15 is 0 Å². The molecule has 4 nitrogen and oxygen atoms in total. The van der Waals surface area contributed by atoms with Crippen molar-refractivity contribution in [1.29, 1.82) is 5.26 Å². The van der Waals surface area contributed by atoms with E-state index in [1.54, 1.807) is 0 Å². The monoisotopic (exact) mass is 264 g/mol. The quantitative estimate of drug-likeness (QED) is 0.782. The molecule has 0 aliphatic carbocycles. The van der Waals surface area contributed by atoms with Gasteiger partial charge in [0, 0.05) is 13.0 Å². The first-order chi connectivity index (χ1) is 8.65. The van der Waals surface area contributed by atoms with Crippen molar-refractivity contribution in [3.63, 3.8) is 0 Å². The summed E-state index contributed by atoms with van der Waals surface area (Å²) in [5.41, 5.74) is 1.90. The molecule has 0 bridgehead atoms. The Labute approximate surface area is 108 Å². The number of sulfonamides is 1. The van der Waals surface area contributed by atoms with Crippen molar-refractivity contribution in [1.82, 2.24) is 0 Å². The molecule has 1 aliphatic heterocycles. The molecule has 18 heavy (non-hydrogen) atoms. The van der Waals surface area contributed by atoms with Crippen LogP contribution in [0.1, 0.15) is 24.8 Å². The molecule has 2 rings (SSSR count). The molecule has 96 valence electrons. The molecule has 0 spiro atoms. The molecular formula is C13H16N2O2S. The van der Waals surface area contributed by atoms with E-state index in [0.29, 0.717) is 13.0 Å². The average Bonchev–Trinajstić information content (AvgIpc) is 2.38. The third-order valence-corrected chi connectivity index (χ3v) is 4.95. The highest BCUT2D eigenvalue weighted by Gasteiger charge is 2.26. The first-order valence-corrected chi connectivity index (χ1v) is 7.71. The van der Waals surface area contributed by atoms with Gasteiger partial charge in [-0.05, 0) is 30.9 Å². The Hall–Kier alpha value is -1.54. The summed E-state index contributed by atoms with van der Waals surface area (Å²) in [5, 5.41) is 8.47. The number of benzene rings is 1. The predicted octanol–water partition coefficient (Wildman–Crippen LogP) is 2.07. The number of rotatable bonds is 4. The number of aryl methyl sites for hydroxylation is 1. The summed E-state index contributed by atoms with van der Waals surface area (Å²) in [4.78, 5) is 0. The second-order valence-corrected chi connectivity index (χ2v) is 6.39. The molecule has 0 fully saturated rings. The van der Waals surface area contributed by atoms with Gasteiger partial charge in [0.25, 0.3) is 0 Å². The molecule has 0 unspecified atom stereocenters. The third kappa shape index (κ3) is 2.65. The predicted molar refractivity (Wildman–Crippen MR) is 70.7 cm³/mol. The van der Waals surface area contributed by atoms with Gasteiger partial charge < -0.3 is 0 Å². The summed E-state index contributed by atoms with van der Waals surface area (Å²) >= 11 is 0. The van der Waals surface area contributed by atoms with Gasteiger partial charge in [-0.2, -0.15) is 5.26 Å². The molecule has 1 aliphatic rings. The van der Waals surface area contributed by atoms with Crippen LogP contribution in [0.4, 0.5) is 5.69 Å². The second-order valence-electron chi connectivity index (χ2n) is 4.38. The topological polar surface area (TPSA) is 61.2 Å². The maximum absolute atomic E-state index is 12.2. The molecule has 0 atom stereocenters. The first-order valence-electron chi connectivity index (χ1n) is 6.10. The van der Waals surface area contributed by atoms with Crippen LogP contribution in [-0.4, -0.2) is 20.7 Å². The van der Waals surface area contributed by atoms with Crippen LogP contribution in [0.15, 0.2) is 24.3 Å². The van der Waals surface area contributed by atoms with Gasteiger partial charge in [-0.3, -0.25) is 4.31 Å². The first kappa shape index (κ1) is 12.9. The van der Waals surface area contributed by atoms with E-state index in [1.165, 1.54) is 4.31 Å². The lowest BCUT2D eigenvalue weighted by molar-refractivity contribution is 0.584. The van der Waals surface area contributed by atoms with Crippen molar-refractivity contribution in [2.24, 2.45) is 0 Å². The summed E-state index contributed by atoms with van der Waals surface area (Å²) in [6.45, 7) is 0.548. The summed E-state index contributed by atoms with van der Waals surface area (Å²) in [7, 11) is -3.29. The van der Waals surface area contributed by atoms with Gasteiger partial charge in [0.2, 0.25) is 10.0 Å². The number of hydrogen-bond acceptors (Lipinski definition) is 3. The minimum Gasteiger partial charge on any atom is -0.270 e. The molecule has 1 aromatic carbocycles. The molecule has 0 N–H and O–H groups in total. The van der Waals surface area contributed by atoms with Gasteiger partial charge in [-0.25, -0.2) is 8.42 Å². The van der Waals surface area contributed by atoms with E-state index in [0.717, 1.165) is 24.1 Å². The highest BCUT2D eigenvalue weighted by Crippen LogP contribution is 2.29. The van der Waals surface area contributed by atoms with Crippen molar-refractivity contribution < 1.29 is 8.42 Å². The maximum Gasteiger partial charge on any atom is 0.235 e. The van der Waals surface area contributed by atoms with Gasteiger partial charge >= 0.3 is 0 Å². The molecule has 1 heterocycles. The van der Waals surface area contributed by atoms with E-state index < -0.39 is 10.0 Å². The van der Waals surface area contributed by atoms with Crippen molar-refractivity contribution in [2.45, 2.75) is 25.7 Å². The summed E-state index contributed by atoms with van der Waals surface area (Å²) in [5.74, 6) is 0.0505. The minimum absolute atomic E-state index is 0.0505. The van der Waals surface area contributed by atoms with Crippen molar-refractivity contribution >= 4 is 15.7 Å². The molecule has 0 saturated heterocycles. The fraction of sp³-hybridized carbons (Fsp3) is 0.462. The molecule has 1 aromatic rings. The molecule has 0 saturated carbocycles. The van der Waals surface area contributed by atoms with Gasteiger partial charge in [0.15, 0.2) is 0 Å². The van der Waals surface area contributed by atoms with Crippen molar-refractivity contribution in [3.8, 4) is 6.07 Å². The lowest BCUT2D eigenvalue weighted by Crippen LogP contribution is -2.37. The molecule has 0 amide bonds. The zero-order valence-corrected chi connectivity index (χ0v) is 11.0. The average molecular weight is 264 g/mol. The van der Waals surface area contributed by atoms with E-state index in [-0.39, 0.29) is 12.2 Å². The summed E-state index contributed by atoms with van der Waals surface area (Å²) < 4.78 is 26.0. The Balaban J connectivity index is 2.22. The number of anilines is 1. The number of hydrogen-bond donors (Lipinski definition) is 0. The van der Waals surface area contributed by atoms with Crippen LogP contribution in [0.3, 0.4) is 0 Å². The van der Waals surface area contributed by atoms with Crippen molar-refractivity contribution in [3.05, 3.63) is 29.8 Å². The Morgan fingerprint density at radius 2 is 2.11 bits per heavy atom. The van der Waals surface area contributed by atoms with E-state index in [4.69, 9.17) is 5.26 Å². The molecular weight excluding hydrogens is 248 g/mol. The van der Waals surface area contributed by atoms with Crippen LogP contribution >= 0.6 is 0 Å². The number of fused-ring (bicyclic) bond motifs is 1. The smallest absolute Gasteiger partial charge is 0.235 e. The maximum atomic E-state index is 12.2. The minimum atomic E-state index is -3.29. The standard InChI is InChI=1S/C13H16N2O2S/c14-9-3-4-11-18(16,17)15-10-5-7-12-6-1-2-8-13(12)15/h1-2,6,8H,3-5,7,10-11H2. The number of nitrogens with zero attached hydrogens (tertiary/aromatic N) is 2. The third-order valence-electron chi connectivity index (χ3n) is 3.09. The highest BCUT2D eigenvalue weighted by atomic mass is 32.2. The summed E-state index contributed by atoms with van der Waals surface area (Å²) in [6, 6.07) is 9.61. The zero-order valence-electron chi connectivity index (χ0n) is 10.2. The second kappa shape index (κ2) is 5.40. The Kier molecular flexibility index (Phi) is 3.87. The van der Waals surface area contributed by atoms with Crippen LogP contribution in [0.25, 0.3) is 0 Å². The fourth-order valence-electron chi connectivity index (χ4n) is 2.23. The number of nitriles is 1. The highest BCUT2D eigenvalue weighted by molar-refractivity contribution is 7.92. The normalized spacial score (nSPS) is 14.9. The molecule has 0 radical (unpaired) electrons. The largest absolute Gasteiger partial charge is 0.270 e. The Bertz CT molecular complexity index is 561. The number of unbranched alkanes of at least 4 members (excludes halogenated alkanes) is 1. The van der Waals surface area contributed by atoms with Crippen LogP contribution in [0, 0.1) is 11.3 Å². The van der Waals surface area contributed by atoms with E-state index in [9.17, 15) is 8.42 Å². The fourth-order valence-corrected chi connectivity index (χ4v) is 3.85. The van der Waals surface area contributed by atoms with Crippen LogP contribution in [0.5, 0.6) is 0 Å². The van der Waals surface area contributed by atoms with Crippen LogP contribution in [0.2, 0.25) is 0 Å². The van der Waals surface area contributed by atoms with Gasteiger partial charge in [-0.15, -0.1) is 0 Å². The van der Waals surface area contributed by atoms with Gasteiger partial charge in [-0.1, -0.05) is 18.2 Å². The van der Waals surface area contributed by atoms with Crippen molar-refractivity contribution in [2.75, 3.05) is 16.6 Å². The summed E-state index contributed by atoms with van der Waals surface area (Å²) in [6.07, 6.45) is 2.47. The zero-order chi connectivity index (χ0) is 13.0. The Morgan fingerprint density at radius 3 is 2.89 bits per heavy atom. The van der Waals surface area contributed by atoms with E-state index in [2.05, 4.69) is 0 Å². The van der Waals surface area contributed by atoms with E-state index in [1.807, 2.05) is 30.3 Å². The SMILES string of the molecule is N#CCCCS(=O)(=O)N1CCCc2ccccc21. The van der Waals surface area contributed by atoms with Crippen LogP contribution < -0.4 is 4.31 Å². The lowest BCUT2D eigenvalue weighted by atomic mass is 10.0.